The van der Waals surface area contributed by atoms with Crippen molar-refractivity contribution in [2.75, 3.05) is 13.1 Å². The van der Waals surface area contributed by atoms with Gasteiger partial charge in [0.1, 0.15) is 6.33 Å². The average molecular weight is 215 g/mol. The van der Waals surface area contributed by atoms with E-state index < -0.39 is 0 Å². The zero-order valence-corrected chi connectivity index (χ0v) is 8.94. The van der Waals surface area contributed by atoms with Crippen molar-refractivity contribution in [1.29, 1.82) is 0 Å². The van der Waals surface area contributed by atoms with Crippen molar-refractivity contribution in [3.63, 3.8) is 0 Å². The van der Waals surface area contributed by atoms with Crippen molar-refractivity contribution in [3.05, 3.63) is 36.2 Å². The minimum absolute atomic E-state index is 0.975. The van der Waals surface area contributed by atoms with Gasteiger partial charge in [-0.2, -0.15) is 0 Å². The minimum atomic E-state index is 0.975. The fraction of sp³-hybridized carbons (Fsp3) is 0.333. The summed E-state index contributed by atoms with van der Waals surface area (Å²) in [6, 6.07) is 1.95. The summed E-state index contributed by atoms with van der Waals surface area (Å²) in [6.07, 6.45) is 7.02. The number of furan rings is 1. The van der Waals surface area contributed by atoms with Gasteiger partial charge in [-0.25, -0.2) is 9.97 Å². The number of aromatic nitrogens is 2. The van der Waals surface area contributed by atoms with Crippen LogP contribution >= 0.6 is 0 Å². The molecule has 2 aromatic rings. The first-order chi connectivity index (χ1) is 7.95. The van der Waals surface area contributed by atoms with Crippen molar-refractivity contribution in [1.82, 2.24) is 15.3 Å². The van der Waals surface area contributed by atoms with Gasteiger partial charge in [-0.1, -0.05) is 0 Å². The average Bonchev–Trinajstić information content (AvgIpc) is 2.73. The molecule has 0 amide bonds. The quantitative estimate of drug-likeness (QED) is 0.781. The zero-order chi connectivity index (χ0) is 10.8. The van der Waals surface area contributed by atoms with E-state index in [0.717, 1.165) is 42.9 Å². The Morgan fingerprint density at radius 2 is 2.12 bits per heavy atom. The molecule has 3 heterocycles. The summed E-state index contributed by atoms with van der Waals surface area (Å²) in [6.45, 7) is 1.99. The van der Waals surface area contributed by atoms with Gasteiger partial charge in [-0.15, -0.1) is 0 Å². The summed E-state index contributed by atoms with van der Waals surface area (Å²) in [5.41, 5.74) is 4.48. The highest BCUT2D eigenvalue weighted by Crippen LogP contribution is 2.24. The van der Waals surface area contributed by atoms with E-state index in [1.165, 1.54) is 5.56 Å². The Bertz CT molecular complexity index is 479. The first-order valence-electron chi connectivity index (χ1n) is 5.51. The summed E-state index contributed by atoms with van der Waals surface area (Å²) >= 11 is 0. The highest BCUT2D eigenvalue weighted by Gasteiger charge is 2.15. The van der Waals surface area contributed by atoms with Gasteiger partial charge in [0.2, 0.25) is 0 Å². The molecule has 0 spiro atoms. The lowest BCUT2D eigenvalue weighted by Gasteiger charge is -2.07. The molecule has 0 fully saturated rings. The number of hydrogen-bond acceptors (Lipinski definition) is 4. The second-order valence-electron chi connectivity index (χ2n) is 3.91. The molecule has 82 valence electrons. The predicted octanol–water partition coefficient (Wildman–Crippen LogP) is 1.42. The summed E-state index contributed by atoms with van der Waals surface area (Å²) in [4.78, 5) is 8.75. The van der Waals surface area contributed by atoms with Gasteiger partial charge >= 0.3 is 0 Å². The van der Waals surface area contributed by atoms with Crippen molar-refractivity contribution in [3.8, 4) is 11.3 Å². The summed E-state index contributed by atoms with van der Waals surface area (Å²) in [5.74, 6) is 0. The van der Waals surface area contributed by atoms with E-state index in [1.807, 2.05) is 6.07 Å². The van der Waals surface area contributed by atoms with Gasteiger partial charge in [0.05, 0.1) is 18.2 Å². The van der Waals surface area contributed by atoms with Crippen molar-refractivity contribution in [2.24, 2.45) is 0 Å². The van der Waals surface area contributed by atoms with E-state index in [0.29, 0.717) is 0 Å². The monoisotopic (exact) mass is 215 g/mol. The Morgan fingerprint density at radius 1 is 1.19 bits per heavy atom. The zero-order valence-electron chi connectivity index (χ0n) is 8.94. The molecule has 0 bridgehead atoms. The molecule has 4 nitrogen and oxygen atoms in total. The standard InChI is InChI=1S/C12H13N3O/c1-4-13-5-2-11-10(1)12(15-8-14-11)9-3-6-16-7-9/h3,6-8,13H,1-2,4-5H2. The third-order valence-corrected chi connectivity index (χ3v) is 2.92. The Kier molecular flexibility index (Phi) is 2.42. The molecule has 16 heavy (non-hydrogen) atoms. The van der Waals surface area contributed by atoms with Crippen LogP contribution in [0.1, 0.15) is 11.3 Å². The van der Waals surface area contributed by atoms with Crippen LogP contribution in [-0.2, 0) is 12.8 Å². The molecule has 0 aromatic carbocycles. The van der Waals surface area contributed by atoms with E-state index in [4.69, 9.17) is 4.42 Å². The molecule has 2 aromatic heterocycles. The first kappa shape index (κ1) is 9.54. The molecule has 1 aliphatic rings. The smallest absolute Gasteiger partial charge is 0.116 e. The molecule has 4 heteroatoms. The maximum atomic E-state index is 5.12. The first-order valence-corrected chi connectivity index (χ1v) is 5.51. The van der Waals surface area contributed by atoms with Crippen LogP contribution in [0.15, 0.2) is 29.3 Å². The van der Waals surface area contributed by atoms with Crippen LogP contribution in [0.3, 0.4) is 0 Å². The number of rotatable bonds is 1. The second kappa shape index (κ2) is 4.06. The Hall–Kier alpha value is -1.68. The van der Waals surface area contributed by atoms with Gasteiger partial charge in [0.15, 0.2) is 0 Å². The third kappa shape index (κ3) is 1.61. The number of nitrogens with zero attached hydrogens (tertiary/aromatic N) is 2. The van der Waals surface area contributed by atoms with Crippen LogP contribution in [0.4, 0.5) is 0 Å². The Morgan fingerprint density at radius 3 is 3.00 bits per heavy atom. The van der Waals surface area contributed by atoms with E-state index >= 15 is 0 Å². The topological polar surface area (TPSA) is 51.0 Å². The van der Waals surface area contributed by atoms with Crippen LogP contribution < -0.4 is 5.32 Å². The van der Waals surface area contributed by atoms with Crippen molar-refractivity contribution in [2.45, 2.75) is 12.8 Å². The molecule has 1 N–H and O–H groups in total. The SMILES string of the molecule is c1nc2c(c(-c3ccoc3)n1)CCNCC2. The normalized spacial score (nSPS) is 15.5. The molecule has 1 aliphatic heterocycles. The highest BCUT2D eigenvalue weighted by atomic mass is 16.3. The molecule has 0 aliphatic carbocycles. The molecular formula is C12H13N3O. The van der Waals surface area contributed by atoms with Gasteiger partial charge < -0.3 is 9.73 Å². The molecule has 0 atom stereocenters. The second-order valence-corrected chi connectivity index (χ2v) is 3.91. The summed E-state index contributed by atoms with van der Waals surface area (Å²) < 4.78 is 5.12. The van der Waals surface area contributed by atoms with Crippen LogP contribution in [-0.4, -0.2) is 23.1 Å². The largest absolute Gasteiger partial charge is 0.472 e. The van der Waals surface area contributed by atoms with E-state index in [9.17, 15) is 0 Å². The summed E-state index contributed by atoms with van der Waals surface area (Å²) in [7, 11) is 0. The Labute approximate surface area is 93.7 Å². The van der Waals surface area contributed by atoms with Gasteiger partial charge in [0.25, 0.3) is 0 Å². The van der Waals surface area contributed by atoms with Gasteiger partial charge in [-0.05, 0) is 19.0 Å². The summed E-state index contributed by atoms with van der Waals surface area (Å²) in [5, 5.41) is 3.38. The molecule has 3 rings (SSSR count). The van der Waals surface area contributed by atoms with Crippen LogP contribution in [0.5, 0.6) is 0 Å². The molecule has 0 saturated heterocycles. The molecule has 0 unspecified atom stereocenters. The van der Waals surface area contributed by atoms with Crippen molar-refractivity contribution < 1.29 is 4.42 Å². The molecular weight excluding hydrogens is 202 g/mol. The third-order valence-electron chi connectivity index (χ3n) is 2.92. The van der Waals surface area contributed by atoms with E-state index in [1.54, 1.807) is 18.9 Å². The predicted molar refractivity (Wildman–Crippen MR) is 60.0 cm³/mol. The van der Waals surface area contributed by atoms with Gasteiger partial charge in [-0.3, -0.25) is 0 Å². The van der Waals surface area contributed by atoms with Crippen LogP contribution in [0.2, 0.25) is 0 Å². The Balaban J connectivity index is 2.12. The highest BCUT2D eigenvalue weighted by molar-refractivity contribution is 5.62. The maximum Gasteiger partial charge on any atom is 0.116 e. The van der Waals surface area contributed by atoms with E-state index in [-0.39, 0.29) is 0 Å². The maximum absolute atomic E-state index is 5.12. The lowest BCUT2D eigenvalue weighted by molar-refractivity contribution is 0.568. The fourth-order valence-electron chi connectivity index (χ4n) is 2.12. The van der Waals surface area contributed by atoms with Crippen LogP contribution in [0, 0.1) is 0 Å². The molecule has 0 saturated carbocycles. The lowest BCUT2D eigenvalue weighted by atomic mass is 10.0. The van der Waals surface area contributed by atoms with Crippen LogP contribution in [0.25, 0.3) is 11.3 Å². The number of fused-ring (bicyclic) bond motifs is 1. The minimum Gasteiger partial charge on any atom is -0.472 e. The lowest BCUT2D eigenvalue weighted by Crippen LogP contribution is -2.16. The van der Waals surface area contributed by atoms with E-state index in [2.05, 4.69) is 15.3 Å². The van der Waals surface area contributed by atoms with Gasteiger partial charge in [0, 0.05) is 29.8 Å². The molecule has 0 radical (unpaired) electrons. The number of hydrogen-bond donors (Lipinski definition) is 1. The fourth-order valence-corrected chi connectivity index (χ4v) is 2.12. The van der Waals surface area contributed by atoms with Crippen molar-refractivity contribution >= 4 is 0 Å². The number of nitrogens with one attached hydrogen (secondary N) is 1.